The molecule has 0 aliphatic carbocycles. The lowest BCUT2D eigenvalue weighted by Gasteiger charge is -2.30. The number of nitro groups is 1. The molecule has 0 spiro atoms. The average Bonchev–Trinajstić information content (AvgIpc) is 2.77. The van der Waals surface area contributed by atoms with Crippen molar-refractivity contribution in [1.29, 1.82) is 0 Å². The van der Waals surface area contributed by atoms with E-state index in [0.29, 0.717) is 22.0 Å². The highest BCUT2D eigenvalue weighted by Gasteiger charge is 2.38. The highest BCUT2D eigenvalue weighted by molar-refractivity contribution is 6.30. The van der Waals surface area contributed by atoms with Crippen LogP contribution >= 0.6 is 11.6 Å². The quantitative estimate of drug-likeness (QED) is 0.327. The molecule has 2 aromatic rings. The van der Waals surface area contributed by atoms with E-state index in [1.54, 1.807) is 58.0 Å². The molecule has 1 aliphatic heterocycles. The summed E-state index contributed by atoms with van der Waals surface area (Å²) in [7, 11) is 0. The number of carbonyl (C=O) groups is 2. The number of carbonyl (C=O) groups excluding carboxylic acids is 2. The molecule has 1 heterocycles. The molecule has 0 fully saturated rings. The number of ether oxygens (including phenoxy) is 2. The zero-order valence-corrected chi connectivity index (χ0v) is 20.0. The van der Waals surface area contributed by atoms with Crippen molar-refractivity contribution in [3.63, 3.8) is 0 Å². The van der Waals surface area contributed by atoms with Gasteiger partial charge in [-0.2, -0.15) is 0 Å². The summed E-state index contributed by atoms with van der Waals surface area (Å²) in [4.78, 5) is 37.2. The third-order valence-corrected chi connectivity index (χ3v) is 5.49. The number of non-ortho nitro benzene ring substituents is 1. The molecule has 1 atom stereocenters. The fourth-order valence-corrected chi connectivity index (χ4v) is 3.90. The van der Waals surface area contributed by atoms with E-state index < -0.39 is 28.9 Å². The van der Waals surface area contributed by atoms with Gasteiger partial charge in [-0.15, -0.1) is 0 Å². The Balaban J connectivity index is 2.04. The van der Waals surface area contributed by atoms with Crippen LogP contribution < -0.4 is 5.32 Å². The van der Waals surface area contributed by atoms with Crippen molar-refractivity contribution in [3.8, 4) is 0 Å². The molecule has 0 saturated carbocycles. The first-order valence-corrected chi connectivity index (χ1v) is 11.0. The van der Waals surface area contributed by atoms with Crippen LogP contribution in [0.2, 0.25) is 5.02 Å². The fraction of sp³-hybridized carbons (Fsp3) is 0.280. The van der Waals surface area contributed by atoms with Gasteiger partial charge >= 0.3 is 11.9 Å². The van der Waals surface area contributed by atoms with Gasteiger partial charge in [0.1, 0.15) is 6.61 Å². The van der Waals surface area contributed by atoms with Crippen LogP contribution in [0.25, 0.3) is 0 Å². The normalized spacial score (nSPS) is 15.8. The second-order valence-electron chi connectivity index (χ2n) is 8.14. The number of hydrogen-bond donors (Lipinski definition) is 1. The zero-order valence-electron chi connectivity index (χ0n) is 19.3. The lowest BCUT2D eigenvalue weighted by atomic mass is 9.80. The predicted molar refractivity (Wildman–Crippen MR) is 127 cm³/mol. The summed E-state index contributed by atoms with van der Waals surface area (Å²) in [5.74, 6) is -2.18. The van der Waals surface area contributed by atoms with Gasteiger partial charge in [0.25, 0.3) is 5.69 Å². The summed E-state index contributed by atoms with van der Waals surface area (Å²) in [5.41, 5.74) is 2.33. The first-order chi connectivity index (χ1) is 16.1. The summed E-state index contributed by atoms with van der Waals surface area (Å²) >= 11 is 5.91. The number of nitrogens with zero attached hydrogens (tertiary/aromatic N) is 1. The Hall–Kier alpha value is -3.65. The third kappa shape index (κ3) is 5.63. The van der Waals surface area contributed by atoms with Crippen LogP contribution in [0.1, 0.15) is 44.7 Å². The summed E-state index contributed by atoms with van der Waals surface area (Å²) < 4.78 is 11.0. The molecule has 9 heteroatoms. The minimum atomic E-state index is -0.912. The van der Waals surface area contributed by atoms with Crippen LogP contribution in [0, 0.1) is 10.1 Å². The molecular weight excluding hydrogens is 460 g/mol. The van der Waals surface area contributed by atoms with E-state index in [9.17, 15) is 19.7 Å². The third-order valence-electron chi connectivity index (χ3n) is 5.24. The maximum Gasteiger partial charge on any atom is 0.337 e. The van der Waals surface area contributed by atoms with Gasteiger partial charge in [0.05, 0.1) is 28.1 Å². The smallest absolute Gasteiger partial charge is 0.337 e. The van der Waals surface area contributed by atoms with Crippen molar-refractivity contribution < 1.29 is 24.0 Å². The van der Waals surface area contributed by atoms with E-state index >= 15 is 0 Å². The number of rotatable bonds is 7. The Labute approximate surface area is 202 Å². The summed E-state index contributed by atoms with van der Waals surface area (Å²) in [5, 5.41) is 15.0. The van der Waals surface area contributed by atoms with Crippen molar-refractivity contribution in [2.24, 2.45) is 0 Å². The fourth-order valence-electron chi connectivity index (χ4n) is 3.77. The Bertz CT molecular complexity index is 1180. The largest absolute Gasteiger partial charge is 0.460 e. The lowest BCUT2D eigenvalue weighted by Crippen LogP contribution is -2.33. The van der Waals surface area contributed by atoms with Gasteiger partial charge in [-0.1, -0.05) is 35.9 Å². The monoisotopic (exact) mass is 484 g/mol. The molecule has 1 aliphatic rings. The minimum Gasteiger partial charge on any atom is -0.460 e. The first kappa shape index (κ1) is 25.0. The number of allylic oxidation sites excluding steroid dienone is 2. The molecule has 1 N–H and O–H groups in total. The SMILES string of the molecule is CC1=C(C(=O)OCc2ccc(Cl)cc2)C(c2cccc([N+](=O)[O-])c2)C(C(=O)OC(C)C)=C(C)N1. The first-order valence-electron chi connectivity index (χ1n) is 10.6. The van der Waals surface area contributed by atoms with Gasteiger partial charge in [0, 0.05) is 28.5 Å². The van der Waals surface area contributed by atoms with Crippen molar-refractivity contribution in [1.82, 2.24) is 5.32 Å². The molecule has 3 rings (SSSR count). The van der Waals surface area contributed by atoms with E-state index in [1.807, 2.05) is 0 Å². The highest BCUT2D eigenvalue weighted by Crippen LogP contribution is 2.40. The van der Waals surface area contributed by atoms with Crippen LogP contribution in [0.4, 0.5) is 5.69 Å². The Kier molecular flexibility index (Phi) is 7.73. The molecule has 0 bridgehead atoms. The van der Waals surface area contributed by atoms with Gasteiger partial charge in [-0.05, 0) is 51.0 Å². The molecule has 1 unspecified atom stereocenters. The number of halogens is 1. The van der Waals surface area contributed by atoms with Crippen molar-refractivity contribution >= 4 is 29.2 Å². The number of benzene rings is 2. The van der Waals surface area contributed by atoms with Crippen molar-refractivity contribution in [2.45, 2.75) is 46.3 Å². The Morgan fingerprint density at radius 1 is 1.06 bits per heavy atom. The summed E-state index contributed by atoms with van der Waals surface area (Å²) in [6.45, 7) is 6.81. The molecular formula is C25H25ClN2O6. The molecule has 8 nitrogen and oxygen atoms in total. The number of esters is 2. The molecule has 0 radical (unpaired) electrons. The highest BCUT2D eigenvalue weighted by atomic mass is 35.5. The predicted octanol–water partition coefficient (Wildman–Crippen LogP) is 5.18. The maximum absolute atomic E-state index is 13.3. The average molecular weight is 485 g/mol. The van der Waals surface area contributed by atoms with E-state index in [4.69, 9.17) is 21.1 Å². The molecule has 0 amide bonds. The zero-order chi connectivity index (χ0) is 25.0. The molecule has 2 aromatic carbocycles. The van der Waals surface area contributed by atoms with Crippen LogP contribution in [0.3, 0.4) is 0 Å². The van der Waals surface area contributed by atoms with Crippen LogP contribution in [-0.2, 0) is 25.7 Å². The van der Waals surface area contributed by atoms with Crippen LogP contribution in [0.5, 0.6) is 0 Å². The number of hydrogen-bond acceptors (Lipinski definition) is 7. The summed E-state index contributed by atoms with van der Waals surface area (Å²) in [6.07, 6.45) is -0.397. The van der Waals surface area contributed by atoms with Crippen molar-refractivity contribution in [3.05, 3.63) is 97.3 Å². The molecule has 34 heavy (non-hydrogen) atoms. The van der Waals surface area contributed by atoms with Crippen LogP contribution in [0.15, 0.2) is 71.1 Å². The molecule has 178 valence electrons. The van der Waals surface area contributed by atoms with Gasteiger partial charge < -0.3 is 14.8 Å². The van der Waals surface area contributed by atoms with Gasteiger partial charge in [-0.25, -0.2) is 9.59 Å². The van der Waals surface area contributed by atoms with E-state index in [1.165, 1.54) is 18.2 Å². The number of nitrogens with one attached hydrogen (secondary N) is 1. The van der Waals surface area contributed by atoms with Gasteiger partial charge in [0.15, 0.2) is 0 Å². The minimum absolute atomic E-state index is 0.0110. The standard InChI is InChI=1S/C25H25ClN2O6/c1-14(2)34-25(30)22-16(4)27-15(3)21(23(22)18-6-5-7-20(12-18)28(31)32)24(29)33-13-17-8-10-19(26)11-9-17/h5-12,14,23,27H,13H2,1-4H3. The van der Waals surface area contributed by atoms with E-state index in [0.717, 1.165) is 5.56 Å². The van der Waals surface area contributed by atoms with Gasteiger partial charge in [-0.3, -0.25) is 10.1 Å². The second-order valence-corrected chi connectivity index (χ2v) is 8.58. The van der Waals surface area contributed by atoms with Gasteiger partial charge in [0.2, 0.25) is 0 Å². The molecule has 0 aromatic heterocycles. The molecule has 0 saturated heterocycles. The van der Waals surface area contributed by atoms with Crippen molar-refractivity contribution in [2.75, 3.05) is 0 Å². The lowest BCUT2D eigenvalue weighted by molar-refractivity contribution is -0.384. The topological polar surface area (TPSA) is 108 Å². The Morgan fingerprint density at radius 2 is 1.68 bits per heavy atom. The van der Waals surface area contributed by atoms with E-state index in [2.05, 4.69) is 5.32 Å². The maximum atomic E-state index is 13.3. The number of dihydropyridines is 1. The van der Waals surface area contributed by atoms with Crippen LogP contribution in [-0.4, -0.2) is 23.0 Å². The second kappa shape index (κ2) is 10.5. The van der Waals surface area contributed by atoms with E-state index in [-0.39, 0.29) is 23.4 Å². The summed E-state index contributed by atoms with van der Waals surface area (Å²) in [6, 6.07) is 12.7. The Morgan fingerprint density at radius 3 is 2.26 bits per heavy atom. The number of nitro benzene ring substituents is 1.